The molecule has 2 aromatic carbocycles. The number of rotatable bonds is 10. The third-order valence-corrected chi connectivity index (χ3v) is 5.68. The summed E-state index contributed by atoms with van der Waals surface area (Å²) in [4.78, 5) is 38.9. The molecule has 0 spiro atoms. The van der Waals surface area contributed by atoms with E-state index in [1.807, 2.05) is 36.4 Å². The molecule has 8 heteroatoms. The van der Waals surface area contributed by atoms with Crippen LogP contribution >= 0.6 is 0 Å². The second-order valence-corrected chi connectivity index (χ2v) is 7.90. The van der Waals surface area contributed by atoms with E-state index in [1.165, 1.54) is 12.0 Å². The zero-order chi connectivity index (χ0) is 23.8. The minimum absolute atomic E-state index is 0.233. The number of aryl methyl sites for hydroxylation is 2. The molecule has 2 unspecified atom stereocenters. The summed E-state index contributed by atoms with van der Waals surface area (Å²) in [7, 11) is 1.52. The van der Waals surface area contributed by atoms with Crippen molar-refractivity contribution in [1.82, 2.24) is 5.32 Å². The Morgan fingerprint density at radius 1 is 1.21 bits per heavy atom. The molecule has 8 nitrogen and oxygen atoms in total. The lowest BCUT2D eigenvalue weighted by atomic mass is 10.0. The lowest BCUT2D eigenvalue weighted by molar-refractivity contribution is -0.146. The fourth-order valence-corrected chi connectivity index (χ4v) is 4.03. The van der Waals surface area contributed by atoms with Gasteiger partial charge in [-0.15, -0.1) is 0 Å². The highest BCUT2D eigenvalue weighted by Gasteiger charge is 2.34. The molecule has 0 aliphatic carbocycles. The number of hydrogen-bond acceptors (Lipinski definition) is 6. The molecule has 0 bridgehead atoms. The van der Waals surface area contributed by atoms with E-state index < -0.39 is 36.5 Å². The second-order valence-electron chi connectivity index (χ2n) is 7.90. The van der Waals surface area contributed by atoms with E-state index in [9.17, 15) is 19.5 Å². The topological polar surface area (TPSA) is 105 Å². The van der Waals surface area contributed by atoms with Gasteiger partial charge in [-0.3, -0.25) is 24.6 Å². The summed E-state index contributed by atoms with van der Waals surface area (Å²) in [6, 6.07) is 13.7. The van der Waals surface area contributed by atoms with Crippen molar-refractivity contribution in [3.8, 4) is 5.75 Å². The fraction of sp³-hybridized carbons (Fsp3) is 0.400. The van der Waals surface area contributed by atoms with Crippen molar-refractivity contribution in [2.75, 3.05) is 25.2 Å². The van der Waals surface area contributed by atoms with Gasteiger partial charge in [-0.05, 0) is 49.8 Å². The monoisotopic (exact) mass is 454 g/mol. The molecule has 1 aliphatic heterocycles. The molecule has 2 aromatic rings. The Labute approximate surface area is 193 Å². The Morgan fingerprint density at radius 3 is 2.64 bits per heavy atom. The summed E-state index contributed by atoms with van der Waals surface area (Å²) in [5.74, 6) is -1.40. The molecule has 176 valence electrons. The van der Waals surface area contributed by atoms with Crippen molar-refractivity contribution in [1.29, 1.82) is 0 Å². The minimum atomic E-state index is -1.12. The Hall–Kier alpha value is -3.39. The number of amides is 1. The SMILES string of the molecule is CCOC(=O)C(CCc1ccccc1)NC1CCc2ccc(OC)cc2N(CC(=O)O)C1=O. The smallest absolute Gasteiger partial charge is 0.323 e. The number of hydrogen-bond donors (Lipinski definition) is 2. The Balaban J connectivity index is 1.83. The molecule has 0 fully saturated rings. The molecular weight excluding hydrogens is 424 g/mol. The number of fused-ring (bicyclic) bond motifs is 1. The van der Waals surface area contributed by atoms with Gasteiger partial charge in [-0.25, -0.2) is 0 Å². The summed E-state index contributed by atoms with van der Waals surface area (Å²) in [6.07, 6.45) is 2.06. The Kier molecular flexibility index (Phi) is 8.43. The number of carboxylic acids is 1. The van der Waals surface area contributed by atoms with Crippen LogP contribution in [0.4, 0.5) is 5.69 Å². The van der Waals surface area contributed by atoms with Crippen molar-refractivity contribution >= 4 is 23.5 Å². The van der Waals surface area contributed by atoms with E-state index in [4.69, 9.17) is 9.47 Å². The van der Waals surface area contributed by atoms with Crippen LogP contribution in [-0.4, -0.2) is 55.3 Å². The van der Waals surface area contributed by atoms with Crippen LogP contribution in [-0.2, 0) is 32.0 Å². The van der Waals surface area contributed by atoms with Gasteiger partial charge in [0.15, 0.2) is 0 Å². The quantitative estimate of drug-likeness (QED) is 0.532. The molecule has 0 saturated carbocycles. The maximum absolute atomic E-state index is 13.4. The number of esters is 1. The highest BCUT2D eigenvalue weighted by molar-refractivity contribution is 6.02. The van der Waals surface area contributed by atoms with Crippen LogP contribution in [0.5, 0.6) is 5.75 Å². The van der Waals surface area contributed by atoms with Crippen LogP contribution in [0.1, 0.15) is 30.9 Å². The van der Waals surface area contributed by atoms with Crippen molar-refractivity contribution in [3.63, 3.8) is 0 Å². The van der Waals surface area contributed by atoms with Gasteiger partial charge in [0.1, 0.15) is 18.3 Å². The van der Waals surface area contributed by atoms with Crippen LogP contribution in [0, 0.1) is 0 Å². The molecule has 1 heterocycles. The van der Waals surface area contributed by atoms with Crippen LogP contribution < -0.4 is 15.0 Å². The number of anilines is 1. The predicted octanol–water partition coefficient (Wildman–Crippen LogP) is 2.58. The van der Waals surface area contributed by atoms with Crippen LogP contribution in [0.25, 0.3) is 0 Å². The second kappa shape index (κ2) is 11.5. The number of aliphatic carboxylic acids is 1. The number of carbonyl (C=O) groups is 3. The van der Waals surface area contributed by atoms with Gasteiger partial charge in [-0.1, -0.05) is 36.4 Å². The van der Waals surface area contributed by atoms with Crippen molar-refractivity contribution in [2.45, 2.75) is 44.7 Å². The van der Waals surface area contributed by atoms with E-state index in [0.717, 1.165) is 11.1 Å². The Bertz CT molecular complexity index is 978. The molecule has 33 heavy (non-hydrogen) atoms. The molecule has 1 aliphatic rings. The first kappa shape index (κ1) is 24.3. The number of nitrogens with zero attached hydrogens (tertiary/aromatic N) is 1. The highest BCUT2D eigenvalue weighted by atomic mass is 16.5. The lowest BCUT2D eigenvalue weighted by Crippen LogP contribution is -2.53. The van der Waals surface area contributed by atoms with E-state index in [0.29, 0.717) is 37.1 Å². The summed E-state index contributed by atoms with van der Waals surface area (Å²) in [5.41, 5.74) is 2.45. The number of carbonyl (C=O) groups excluding carboxylic acids is 2. The third kappa shape index (κ3) is 6.32. The lowest BCUT2D eigenvalue weighted by Gasteiger charge is -2.27. The highest BCUT2D eigenvalue weighted by Crippen LogP contribution is 2.31. The van der Waals surface area contributed by atoms with Crippen molar-refractivity contribution < 1.29 is 29.0 Å². The standard InChI is InChI=1S/C25H30N2O6/c1-3-33-25(31)21(13-9-17-7-5-4-6-8-17)26-20-14-11-18-10-12-19(32-2)15-22(18)27(24(20)30)16-23(28)29/h4-8,10,12,15,20-21,26H,3,9,11,13-14,16H2,1-2H3,(H,28,29). The number of ether oxygens (including phenoxy) is 2. The number of methoxy groups -OCH3 is 1. The van der Waals surface area contributed by atoms with Crippen molar-refractivity contribution in [2.24, 2.45) is 0 Å². The summed E-state index contributed by atoms with van der Waals surface area (Å²) in [5, 5.41) is 12.6. The zero-order valence-electron chi connectivity index (χ0n) is 19.0. The Morgan fingerprint density at radius 2 is 1.97 bits per heavy atom. The van der Waals surface area contributed by atoms with Crippen LogP contribution in [0.15, 0.2) is 48.5 Å². The molecule has 0 radical (unpaired) electrons. The van der Waals surface area contributed by atoms with Gasteiger partial charge in [0.25, 0.3) is 0 Å². The molecule has 2 N–H and O–H groups in total. The van der Waals surface area contributed by atoms with Crippen LogP contribution in [0.2, 0.25) is 0 Å². The maximum Gasteiger partial charge on any atom is 0.323 e. The first-order valence-corrected chi connectivity index (χ1v) is 11.1. The van der Waals surface area contributed by atoms with E-state index in [1.54, 1.807) is 19.1 Å². The van der Waals surface area contributed by atoms with Gasteiger partial charge in [0.05, 0.1) is 25.4 Å². The number of nitrogens with one attached hydrogen (secondary N) is 1. The average Bonchev–Trinajstić information content (AvgIpc) is 2.93. The van der Waals surface area contributed by atoms with Crippen LogP contribution in [0.3, 0.4) is 0 Å². The van der Waals surface area contributed by atoms with Gasteiger partial charge < -0.3 is 14.6 Å². The summed E-state index contributed by atoms with van der Waals surface area (Å²) in [6.45, 7) is 1.49. The van der Waals surface area contributed by atoms with Gasteiger partial charge >= 0.3 is 11.9 Å². The molecule has 3 rings (SSSR count). The number of benzene rings is 2. The average molecular weight is 455 g/mol. The molecule has 2 atom stereocenters. The van der Waals surface area contributed by atoms with Gasteiger partial charge in [0.2, 0.25) is 5.91 Å². The fourth-order valence-electron chi connectivity index (χ4n) is 4.03. The third-order valence-electron chi connectivity index (χ3n) is 5.68. The van der Waals surface area contributed by atoms with E-state index in [-0.39, 0.29) is 6.61 Å². The first-order valence-electron chi connectivity index (χ1n) is 11.1. The predicted molar refractivity (Wildman–Crippen MR) is 123 cm³/mol. The van der Waals surface area contributed by atoms with E-state index >= 15 is 0 Å². The normalized spacial score (nSPS) is 16.5. The molecule has 1 amide bonds. The van der Waals surface area contributed by atoms with Gasteiger partial charge in [0, 0.05) is 6.07 Å². The zero-order valence-corrected chi connectivity index (χ0v) is 19.0. The first-order chi connectivity index (χ1) is 15.9. The maximum atomic E-state index is 13.4. The summed E-state index contributed by atoms with van der Waals surface area (Å²) < 4.78 is 10.5. The molecule has 0 saturated heterocycles. The number of carboxylic acid groups (broad SMARTS) is 1. The van der Waals surface area contributed by atoms with E-state index in [2.05, 4.69) is 5.32 Å². The van der Waals surface area contributed by atoms with Crippen molar-refractivity contribution in [3.05, 3.63) is 59.7 Å². The summed E-state index contributed by atoms with van der Waals surface area (Å²) >= 11 is 0. The molecular formula is C25H30N2O6. The molecule has 0 aromatic heterocycles. The minimum Gasteiger partial charge on any atom is -0.497 e. The van der Waals surface area contributed by atoms with Gasteiger partial charge in [-0.2, -0.15) is 0 Å². The largest absolute Gasteiger partial charge is 0.497 e.